The highest BCUT2D eigenvalue weighted by Crippen LogP contribution is 2.25. The molecule has 0 aliphatic carbocycles. The highest BCUT2D eigenvalue weighted by molar-refractivity contribution is 7.11. The lowest BCUT2D eigenvalue weighted by molar-refractivity contribution is 0.133. The second-order valence-electron chi connectivity index (χ2n) is 5.05. The Bertz CT molecular complexity index is 334. The van der Waals surface area contributed by atoms with Crippen LogP contribution in [-0.2, 0) is 13.1 Å². The zero-order valence-corrected chi connectivity index (χ0v) is 11.1. The van der Waals surface area contributed by atoms with Crippen LogP contribution in [0.15, 0.2) is 12.1 Å². The van der Waals surface area contributed by atoms with Gasteiger partial charge in [-0.05, 0) is 36.9 Å². The van der Waals surface area contributed by atoms with Crippen molar-refractivity contribution >= 4 is 11.3 Å². The number of nitrogens with zero attached hydrogens (tertiary/aromatic N) is 1. The van der Waals surface area contributed by atoms with Gasteiger partial charge >= 0.3 is 0 Å². The molecule has 0 bridgehead atoms. The Labute approximate surface area is 102 Å². The third kappa shape index (κ3) is 2.84. The molecule has 3 heteroatoms. The van der Waals surface area contributed by atoms with Crippen molar-refractivity contribution in [2.75, 3.05) is 13.1 Å². The Balaban J connectivity index is 1.90. The number of nitrogens with two attached hydrogens (primary N) is 1. The van der Waals surface area contributed by atoms with Gasteiger partial charge in [-0.15, -0.1) is 11.3 Å². The lowest BCUT2D eigenvalue weighted by Crippen LogP contribution is -2.37. The molecule has 1 aromatic heterocycles. The third-order valence-electron chi connectivity index (χ3n) is 3.72. The van der Waals surface area contributed by atoms with Crippen molar-refractivity contribution in [3.8, 4) is 0 Å². The summed E-state index contributed by atoms with van der Waals surface area (Å²) in [4.78, 5) is 5.34. The van der Waals surface area contributed by atoms with Crippen LogP contribution in [0.3, 0.4) is 0 Å². The van der Waals surface area contributed by atoms with Gasteiger partial charge in [0.05, 0.1) is 0 Å². The molecule has 1 aliphatic heterocycles. The highest BCUT2D eigenvalue weighted by atomic mass is 32.1. The molecular formula is C13H22N2S. The van der Waals surface area contributed by atoms with Crippen LogP contribution in [0, 0.1) is 11.8 Å². The largest absolute Gasteiger partial charge is 0.326 e. The van der Waals surface area contributed by atoms with E-state index in [1.807, 2.05) is 11.3 Å². The monoisotopic (exact) mass is 238 g/mol. The van der Waals surface area contributed by atoms with Gasteiger partial charge in [-0.1, -0.05) is 13.8 Å². The van der Waals surface area contributed by atoms with Crippen molar-refractivity contribution in [2.45, 2.75) is 33.4 Å². The smallest absolute Gasteiger partial charge is 0.0328 e. The van der Waals surface area contributed by atoms with Gasteiger partial charge in [-0.2, -0.15) is 0 Å². The van der Waals surface area contributed by atoms with Crippen LogP contribution in [0.1, 0.15) is 30.0 Å². The SMILES string of the molecule is CC1CCN(Cc2ccc(CN)s2)CC1C. The van der Waals surface area contributed by atoms with E-state index in [1.165, 1.54) is 29.3 Å². The Morgan fingerprint density at radius 1 is 1.31 bits per heavy atom. The van der Waals surface area contributed by atoms with Crippen molar-refractivity contribution in [1.82, 2.24) is 4.90 Å². The van der Waals surface area contributed by atoms with Crippen molar-refractivity contribution < 1.29 is 0 Å². The second kappa shape index (κ2) is 5.30. The molecule has 90 valence electrons. The minimum absolute atomic E-state index is 0.679. The summed E-state index contributed by atoms with van der Waals surface area (Å²) in [5.41, 5.74) is 5.63. The maximum absolute atomic E-state index is 5.63. The van der Waals surface area contributed by atoms with E-state index in [0.29, 0.717) is 6.54 Å². The molecule has 1 fully saturated rings. The van der Waals surface area contributed by atoms with E-state index >= 15 is 0 Å². The van der Waals surface area contributed by atoms with Crippen molar-refractivity contribution in [1.29, 1.82) is 0 Å². The van der Waals surface area contributed by atoms with Crippen molar-refractivity contribution in [2.24, 2.45) is 17.6 Å². The molecule has 2 heterocycles. The molecule has 2 nitrogen and oxygen atoms in total. The van der Waals surface area contributed by atoms with Gasteiger partial charge in [0.15, 0.2) is 0 Å². The number of hydrogen-bond acceptors (Lipinski definition) is 3. The Kier molecular flexibility index (Phi) is 4.00. The van der Waals surface area contributed by atoms with E-state index in [1.54, 1.807) is 0 Å². The summed E-state index contributed by atoms with van der Waals surface area (Å²) in [5, 5.41) is 0. The van der Waals surface area contributed by atoms with Crippen LogP contribution < -0.4 is 5.73 Å². The van der Waals surface area contributed by atoms with E-state index in [4.69, 9.17) is 5.73 Å². The van der Waals surface area contributed by atoms with E-state index in [9.17, 15) is 0 Å². The molecular weight excluding hydrogens is 216 g/mol. The first-order valence-corrected chi connectivity index (χ1v) is 7.00. The normalized spacial score (nSPS) is 27.2. The predicted molar refractivity (Wildman–Crippen MR) is 70.4 cm³/mol. The van der Waals surface area contributed by atoms with Crippen LogP contribution in [0.2, 0.25) is 0 Å². The van der Waals surface area contributed by atoms with Gasteiger partial charge in [0.1, 0.15) is 0 Å². The quantitative estimate of drug-likeness (QED) is 0.877. The molecule has 0 amide bonds. The van der Waals surface area contributed by atoms with E-state index < -0.39 is 0 Å². The Morgan fingerprint density at radius 2 is 2.06 bits per heavy atom. The molecule has 0 saturated carbocycles. The first kappa shape index (κ1) is 12.1. The summed E-state index contributed by atoms with van der Waals surface area (Å²) < 4.78 is 0. The molecule has 0 aromatic carbocycles. The summed E-state index contributed by atoms with van der Waals surface area (Å²) in [6.07, 6.45) is 1.34. The first-order valence-electron chi connectivity index (χ1n) is 6.19. The summed E-state index contributed by atoms with van der Waals surface area (Å²) >= 11 is 1.86. The summed E-state index contributed by atoms with van der Waals surface area (Å²) in [6, 6.07) is 4.39. The van der Waals surface area contributed by atoms with Crippen LogP contribution in [-0.4, -0.2) is 18.0 Å². The molecule has 0 spiro atoms. The first-order chi connectivity index (χ1) is 7.69. The maximum Gasteiger partial charge on any atom is 0.0328 e. The average Bonchev–Trinajstić information content (AvgIpc) is 2.71. The molecule has 1 aliphatic rings. The molecule has 2 atom stereocenters. The third-order valence-corrected chi connectivity index (χ3v) is 4.81. The number of hydrogen-bond donors (Lipinski definition) is 1. The standard InChI is InChI=1S/C13H22N2S/c1-10-5-6-15(8-11(10)2)9-13-4-3-12(7-14)16-13/h3-4,10-11H,5-9,14H2,1-2H3. The molecule has 1 aromatic rings. The zero-order chi connectivity index (χ0) is 11.5. The van der Waals surface area contributed by atoms with Gasteiger partial charge in [-0.25, -0.2) is 0 Å². The van der Waals surface area contributed by atoms with Gasteiger partial charge in [-0.3, -0.25) is 4.90 Å². The molecule has 2 N–H and O–H groups in total. The number of likely N-dealkylation sites (tertiary alicyclic amines) is 1. The fraction of sp³-hybridized carbons (Fsp3) is 0.692. The molecule has 1 saturated heterocycles. The fourth-order valence-corrected chi connectivity index (χ4v) is 3.27. The molecule has 2 unspecified atom stereocenters. The maximum atomic E-state index is 5.63. The van der Waals surface area contributed by atoms with Crippen LogP contribution >= 0.6 is 11.3 Å². The second-order valence-corrected chi connectivity index (χ2v) is 6.30. The van der Waals surface area contributed by atoms with Gasteiger partial charge in [0, 0.05) is 29.4 Å². The van der Waals surface area contributed by atoms with Gasteiger partial charge < -0.3 is 5.73 Å². The minimum Gasteiger partial charge on any atom is -0.326 e. The zero-order valence-electron chi connectivity index (χ0n) is 10.3. The van der Waals surface area contributed by atoms with Gasteiger partial charge in [0.25, 0.3) is 0 Å². The average molecular weight is 238 g/mol. The van der Waals surface area contributed by atoms with E-state index in [2.05, 4.69) is 30.9 Å². The topological polar surface area (TPSA) is 29.3 Å². The minimum atomic E-state index is 0.679. The van der Waals surface area contributed by atoms with E-state index in [0.717, 1.165) is 18.4 Å². The molecule has 16 heavy (non-hydrogen) atoms. The number of rotatable bonds is 3. The number of piperidine rings is 1. The summed E-state index contributed by atoms with van der Waals surface area (Å²) in [5.74, 6) is 1.72. The van der Waals surface area contributed by atoms with Crippen molar-refractivity contribution in [3.63, 3.8) is 0 Å². The predicted octanol–water partition coefficient (Wildman–Crippen LogP) is 2.68. The Hall–Kier alpha value is -0.380. The molecule has 2 rings (SSSR count). The van der Waals surface area contributed by atoms with Crippen LogP contribution in [0.4, 0.5) is 0 Å². The summed E-state index contributed by atoms with van der Waals surface area (Å²) in [7, 11) is 0. The summed E-state index contributed by atoms with van der Waals surface area (Å²) in [6.45, 7) is 9.04. The number of thiophene rings is 1. The van der Waals surface area contributed by atoms with Crippen LogP contribution in [0.25, 0.3) is 0 Å². The highest BCUT2D eigenvalue weighted by Gasteiger charge is 2.22. The van der Waals surface area contributed by atoms with E-state index in [-0.39, 0.29) is 0 Å². The lowest BCUT2D eigenvalue weighted by Gasteiger charge is -2.34. The Morgan fingerprint density at radius 3 is 2.69 bits per heavy atom. The van der Waals surface area contributed by atoms with Crippen molar-refractivity contribution in [3.05, 3.63) is 21.9 Å². The van der Waals surface area contributed by atoms with Crippen LogP contribution in [0.5, 0.6) is 0 Å². The lowest BCUT2D eigenvalue weighted by atomic mass is 9.89. The fourth-order valence-electron chi connectivity index (χ4n) is 2.33. The van der Waals surface area contributed by atoms with Gasteiger partial charge in [0.2, 0.25) is 0 Å². The molecule has 0 radical (unpaired) electrons.